The second-order valence-corrected chi connectivity index (χ2v) is 4.18. The van der Waals surface area contributed by atoms with Gasteiger partial charge in [0.15, 0.2) is 0 Å². The highest BCUT2D eigenvalue weighted by atomic mass is 16.4. The van der Waals surface area contributed by atoms with Gasteiger partial charge >= 0.3 is 5.97 Å². The van der Waals surface area contributed by atoms with Crippen molar-refractivity contribution in [1.82, 2.24) is 20.2 Å². The maximum atomic E-state index is 11.4. The fourth-order valence-electron chi connectivity index (χ4n) is 1.94. The molecular weight excluding hydrogens is 244 g/mol. The molecule has 0 saturated heterocycles. The van der Waals surface area contributed by atoms with Gasteiger partial charge in [0.2, 0.25) is 0 Å². The predicted octanol–water partition coefficient (Wildman–Crippen LogP) is 2.03. The normalized spacial score (nSPS) is 10.8. The molecule has 0 aliphatic rings. The number of carboxylic acid groups (broad SMARTS) is 1. The molecule has 0 spiro atoms. The summed E-state index contributed by atoms with van der Waals surface area (Å²) >= 11 is 0. The minimum absolute atomic E-state index is 0.198. The van der Waals surface area contributed by atoms with Crippen LogP contribution in [0.5, 0.6) is 0 Å². The number of nitrogens with one attached hydrogen (secondary N) is 1. The van der Waals surface area contributed by atoms with Crippen LogP contribution in [0.1, 0.15) is 16.2 Å². The van der Waals surface area contributed by atoms with Crippen molar-refractivity contribution in [3.05, 3.63) is 42.1 Å². The van der Waals surface area contributed by atoms with E-state index >= 15 is 0 Å². The van der Waals surface area contributed by atoms with Gasteiger partial charge in [-0.05, 0) is 19.1 Å². The zero-order chi connectivity index (χ0) is 13.4. The summed E-state index contributed by atoms with van der Waals surface area (Å²) in [5, 5.41) is 16.8. The lowest BCUT2D eigenvalue weighted by molar-refractivity contribution is 0.0698. The zero-order valence-electron chi connectivity index (χ0n) is 10.1. The highest BCUT2D eigenvalue weighted by molar-refractivity contribution is 6.01. The summed E-state index contributed by atoms with van der Waals surface area (Å²) in [7, 11) is 0. The quantitative estimate of drug-likeness (QED) is 0.730. The Morgan fingerprint density at radius 2 is 1.95 bits per heavy atom. The van der Waals surface area contributed by atoms with E-state index in [0.29, 0.717) is 22.5 Å². The third kappa shape index (κ3) is 1.93. The van der Waals surface area contributed by atoms with E-state index in [1.807, 2.05) is 0 Å². The van der Waals surface area contributed by atoms with Crippen LogP contribution in [-0.4, -0.2) is 31.2 Å². The Morgan fingerprint density at radius 1 is 1.21 bits per heavy atom. The van der Waals surface area contributed by atoms with Crippen LogP contribution >= 0.6 is 0 Å². The highest BCUT2D eigenvalue weighted by Crippen LogP contribution is 2.27. The minimum Gasteiger partial charge on any atom is -0.478 e. The Bertz CT molecular complexity index is 762. The number of carboxylic acids is 1. The molecule has 2 N–H and O–H groups in total. The SMILES string of the molecule is Cc1ncc(-c2cc3cn[nH]c3cc2C(=O)O)cn1. The molecule has 6 nitrogen and oxygen atoms in total. The number of H-pyrrole nitrogens is 1. The van der Waals surface area contributed by atoms with E-state index in [9.17, 15) is 9.90 Å². The number of benzene rings is 1. The Hall–Kier alpha value is -2.76. The summed E-state index contributed by atoms with van der Waals surface area (Å²) in [6, 6.07) is 3.34. The van der Waals surface area contributed by atoms with Crippen molar-refractivity contribution in [2.45, 2.75) is 6.92 Å². The summed E-state index contributed by atoms with van der Waals surface area (Å²) in [4.78, 5) is 19.5. The van der Waals surface area contributed by atoms with Crippen molar-refractivity contribution in [2.75, 3.05) is 0 Å². The number of rotatable bonds is 2. The van der Waals surface area contributed by atoms with Gasteiger partial charge in [-0.15, -0.1) is 0 Å². The predicted molar refractivity (Wildman–Crippen MR) is 68.8 cm³/mol. The number of aromatic nitrogens is 4. The molecule has 0 saturated carbocycles. The van der Waals surface area contributed by atoms with Gasteiger partial charge in [-0.25, -0.2) is 14.8 Å². The van der Waals surface area contributed by atoms with Gasteiger partial charge in [0.1, 0.15) is 5.82 Å². The van der Waals surface area contributed by atoms with Crippen LogP contribution in [0.2, 0.25) is 0 Å². The van der Waals surface area contributed by atoms with Gasteiger partial charge in [0.05, 0.1) is 17.3 Å². The van der Waals surface area contributed by atoms with Gasteiger partial charge < -0.3 is 5.11 Å². The Morgan fingerprint density at radius 3 is 2.63 bits per heavy atom. The fraction of sp³-hybridized carbons (Fsp3) is 0.0769. The lowest BCUT2D eigenvalue weighted by Gasteiger charge is -2.06. The molecule has 6 heteroatoms. The molecule has 3 rings (SSSR count). The molecular formula is C13H10N4O2. The molecule has 0 aliphatic carbocycles. The summed E-state index contributed by atoms with van der Waals surface area (Å²) < 4.78 is 0. The van der Waals surface area contributed by atoms with Crippen molar-refractivity contribution in [1.29, 1.82) is 0 Å². The first-order valence-corrected chi connectivity index (χ1v) is 5.64. The molecule has 0 amide bonds. The van der Waals surface area contributed by atoms with E-state index in [0.717, 1.165) is 5.39 Å². The first kappa shape index (κ1) is 11.3. The highest BCUT2D eigenvalue weighted by Gasteiger charge is 2.14. The largest absolute Gasteiger partial charge is 0.478 e. The zero-order valence-corrected chi connectivity index (χ0v) is 10.1. The first-order chi connectivity index (χ1) is 9.15. The Labute approximate surface area is 108 Å². The van der Waals surface area contributed by atoms with Crippen molar-refractivity contribution in [2.24, 2.45) is 0 Å². The van der Waals surface area contributed by atoms with Gasteiger partial charge in [-0.2, -0.15) is 5.10 Å². The number of aryl methyl sites for hydroxylation is 1. The lowest BCUT2D eigenvalue weighted by atomic mass is 10.00. The van der Waals surface area contributed by atoms with E-state index in [2.05, 4.69) is 20.2 Å². The molecule has 2 heterocycles. The Balaban J connectivity index is 2.28. The molecule has 19 heavy (non-hydrogen) atoms. The van der Waals surface area contributed by atoms with Crippen LogP contribution in [-0.2, 0) is 0 Å². The van der Waals surface area contributed by atoms with Crippen LogP contribution in [0.25, 0.3) is 22.0 Å². The van der Waals surface area contributed by atoms with Crippen molar-refractivity contribution < 1.29 is 9.90 Å². The third-order valence-corrected chi connectivity index (χ3v) is 2.90. The van der Waals surface area contributed by atoms with Crippen LogP contribution < -0.4 is 0 Å². The molecule has 1 aromatic carbocycles. The topological polar surface area (TPSA) is 91.8 Å². The second-order valence-electron chi connectivity index (χ2n) is 4.18. The van der Waals surface area contributed by atoms with Crippen LogP contribution in [0.3, 0.4) is 0 Å². The molecule has 3 aromatic rings. The number of nitrogens with zero attached hydrogens (tertiary/aromatic N) is 3. The summed E-state index contributed by atoms with van der Waals surface area (Å²) in [6.45, 7) is 1.78. The molecule has 0 aliphatic heterocycles. The van der Waals surface area contributed by atoms with E-state index in [1.165, 1.54) is 0 Å². The number of hydrogen-bond acceptors (Lipinski definition) is 4. The van der Waals surface area contributed by atoms with Crippen molar-refractivity contribution >= 4 is 16.9 Å². The summed E-state index contributed by atoms with van der Waals surface area (Å²) in [5.74, 6) is -0.350. The summed E-state index contributed by atoms with van der Waals surface area (Å²) in [5.41, 5.74) is 2.14. The molecule has 0 fully saturated rings. The van der Waals surface area contributed by atoms with Crippen molar-refractivity contribution in [3.63, 3.8) is 0 Å². The van der Waals surface area contributed by atoms with Crippen molar-refractivity contribution in [3.8, 4) is 11.1 Å². The third-order valence-electron chi connectivity index (χ3n) is 2.90. The van der Waals surface area contributed by atoms with Crippen LogP contribution in [0.4, 0.5) is 0 Å². The minimum atomic E-state index is -0.993. The average Bonchev–Trinajstić information content (AvgIpc) is 2.85. The molecule has 0 unspecified atom stereocenters. The maximum Gasteiger partial charge on any atom is 0.336 e. The van der Waals surface area contributed by atoms with Crippen LogP contribution in [0, 0.1) is 6.92 Å². The van der Waals surface area contributed by atoms with Crippen LogP contribution in [0.15, 0.2) is 30.7 Å². The van der Waals surface area contributed by atoms with E-state index in [4.69, 9.17) is 0 Å². The van der Waals surface area contributed by atoms with Gasteiger partial charge in [0.25, 0.3) is 0 Å². The molecule has 2 aromatic heterocycles. The monoisotopic (exact) mass is 254 g/mol. The van der Waals surface area contributed by atoms with Gasteiger partial charge in [-0.1, -0.05) is 0 Å². The number of fused-ring (bicyclic) bond motifs is 1. The number of aromatic carboxylic acids is 1. The molecule has 0 bridgehead atoms. The number of aromatic amines is 1. The van der Waals surface area contributed by atoms with E-state index in [1.54, 1.807) is 37.6 Å². The van der Waals surface area contributed by atoms with Gasteiger partial charge in [-0.3, -0.25) is 5.10 Å². The fourth-order valence-corrected chi connectivity index (χ4v) is 1.94. The molecule has 0 atom stereocenters. The van der Waals surface area contributed by atoms with E-state index < -0.39 is 5.97 Å². The molecule has 94 valence electrons. The molecule has 0 radical (unpaired) electrons. The van der Waals surface area contributed by atoms with Gasteiger partial charge in [0, 0.05) is 28.9 Å². The standard InChI is InChI=1S/C13H10N4O2/c1-7-14-4-9(5-15-7)10-2-8-6-16-17-12(8)3-11(10)13(18)19/h2-6H,1H3,(H,16,17)(H,18,19). The Kier molecular flexibility index (Phi) is 2.49. The number of hydrogen-bond donors (Lipinski definition) is 2. The smallest absolute Gasteiger partial charge is 0.336 e. The van der Waals surface area contributed by atoms with E-state index in [-0.39, 0.29) is 5.56 Å². The second kappa shape index (κ2) is 4.16. The average molecular weight is 254 g/mol. The number of carbonyl (C=O) groups is 1. The first-order valence-electron chi connectivity index (χ1n) is 5.64. The summed E-state index contributed by atoms with van der Waals surface area (Å²) in [6.07, 6.45) is 4.89. The lowest BCUT2D eigenvalue weighted by Crippen LogP contribution is -2.00. The maximum absolute atomic E-state index is 11.4.